The lowest BCUT2D eigenvalue weighted by molar-refractivity contribution is 0.00867. The van der Waals surface area contributed by atoms with Gasteiger partial charge in [0.2, 0.25) is 0 Å². The molecule has 4 nitrogen and oxygen atoms in total. The van der Waals surface area contributed by atoms with Crippen molar-refractivity contribution in [1.82, 2.24) is 15.1 Å². The molecule has 120 valence electrons. The van der Waals surface area contributed by atoms with Crippen LogP contribution in [0.3, 0.4) is 0 Å². The van der Waals surface area contributed by atoms with Crippen LogP contribution in [0.1, 0.15) is 57.3 Å². The van der Waals surface area contributed by atoms with Gasteiger partial charge in [-0.15, -0.1) is 0 Å². The maximum absolute atomic E-state index is 5.84. The van der Waals surface area contributed by atoms with Gasteiger partial charge in [0.25, 0.3) is 0 Å². The average molecular weight is 293 g/mol. The summed E-state index contributed by atoms with van der Waals surface area (Å²) in [5.74, 6) is 0. The van der Waals surface area contributed by atoms with Gasteiger partial charge in [0.1, 0.15) is 0 Å². The number of ether oxygens (including phenoxy) is 1. The summed E-state index contributed by atoms with van der Waals surface area (Å²) in [4.78, 5) is 0. The Kier molecular flexibility index (Phi) is 6.71. The minimum Gasteiger partial charge on any atom is -0.378 e. The zero-order chi connectivity index (χ0) is 15.1. The van der Waals surface area contributed by atoms with Crippen molar-refractivity contribution in [2.45, 2.75) is 77.5 Å². The molecule has 2 rings (SSSR count). The lowest BCUT2D eigenvalue weighted by Crippen LogP contribution is -2.31. The van der Waals surface area contributed by atoms with Crippen LogP contribution in [0, 0.1) is 0 Å². The number of hydrogen-bond donors (Lipinski definition) is 1. The second kappa shape index (κ2) is 8.54. The molecule has 21 heavy (non-hydrogen) atoms. The van der Waals surface area contributed by atoms with E-state index in [1.54, 1.807) is 0 Å². The number of hydrogen-bond acceptors (Lipinski definition) is 3. The van der Waals surface area contributed by atoms with Crippen molar-refractivity contribution < 1.29 is 4.74 Å². The summed E-state index contributed by atoms with van der Waals surface area (Å²) >= 11 is 0. The molecule has 0 radical (unpaired) electrons. The first-order valence-electron chi connectivity index (χ1n) is 8.61. The van der Waals surface area contributed by atoms with Crippen molar-refractivity contribution in [2.75, 3.05) is 13.7 Å². The summed E-state index contributed by atoms with van der Waals surface area (Å²) in [6.07, 6.45) is 8.72. The first-order chi connectivity index (χ1) is 10.3. The van der Waals surface area contributed by atoms with Gasteiger partial charge in [0.15, 0.2) is 0 Å². The van der Waals surface area contributed by atoms with Crippen LogP contribution in [0.2, 0.25) is 0 Å². The Hall–Kier alpha value is -0.870. The lowest BCUT2D eigenvalue weighted by Gasteiger charge is -2.25. The summed E-state index contributed by atoms with van der Waals surface area (Å²) in [5, 5.41) is 8.12. The molecule has 1 fully saturated rings. The molecule has 1 aliphatic heterocycles. The second-order valence-electron chi connectivity index (χ2n) is 6.05. The van der Waals surface area contributed by atoms with Crippen molar-refractivity contribution >= 4 is 0 Å². The van der Waals surface area contributed by atoms with Crippen molar-refractivity contribution in [3.8, 4) is 0 Å². The summed E-state index contributed by atoms with van der Waals surface area (Å²) in [5.41, 5.74) is 2.57. The monoisotopic (exact) mass is 293 g/mol. The van der Waals surface area contributed by atoms with E-state index < -0.39 is 0 Å². The highest BCUT2D eigenvalue weighted by Gasteiger charge is 2.17. The van der Waals surface area contributed by atoms with E-state index in [2.05, 4.69) is 42.1 Å². The Morgan fingerprint density at radius 3 is 2.90 bits per heavy atom. The molecule has 0 bridgehead atoms. The quantitative estimate of drug-likeness (QED) is 0.801. The largest absolute Gasteiger partial charge is 0.378 e. The van der Waals surface area contributed by atoms with Crippen LogP contribution in [0.4, 0.5) is 0 Å². The third kappa shape index (κ3) is 4.82. The van der Waals surface area contributed by atoms with Crippen LogP contribution in [-0.2, 0) is 24.1 Å². The maximum atomic E-state index is 5.84. The van der Waals surface area contributed by atoms with Crippen molar-refractivity contribution in [2.24, 2.45) is 0 Å². The van der Waals surface area contributed by atoms with Crippen molar-refractivity contribution in [1.29, 1.82) is 0 Å². The van der Waals surface area contributed by atoms with E-state index >= 15 is 0 Å². The fourth-order valence-corrected chi connectivity index (χ4v) is 3.15. The highest BCUT2D eigenvalue weighted by Crippen LogP contribution is 2.19. The number of aromatic nitrogens is 2. The lowest BCUT2D eigenvalue weighted by atomic mass is 9.99. The Balaban J connectivity index is 1.87. The number of rotatable bonds is 8. The highest BCUT2D eigenvalue weighted by molar-refractivity contribution is 5.12. The van der Waals surface area contributed by atoms with E-state index in [9.17, 15) is 0 Å². The number of aryl methyl sites for hydroxylation is 2. The predicted octanol–water partition coefficient (Wildman–Crippen LogP) is 2.95. The van der Waals surface area contributed by atoms with Crippen LogP contribution in [0.25, 0.3) is 0 Å². The molecule has 4 heteroatoms. The van der Waals surface area contributed by atoms with E-state index in [0.29, 0.717) is 12.1 Å². The van der Waals surface area contributed by atoms with Gasteiger partial charge in [-0.05, 0) is 58.6 Å². The van der Waals surface area contributed by atoms with Crippen LogP contribution in [-0.4, -0.2) is 35.6 Å². The number of likely N-dealkylation sites (N-methyl/N-ethyl adjacent to an activating group) is 1. The van der Waals surface area contributed by atoms with Gasteiger partial charge in [-0.3, -0.25) is 4.68 Å². The zero-order valence-corrected chi connectivity index (χ0v) is 13.9. The van der Waals surface area contributed by atoms with E-state index in [4.69, 9.17) is 4.74 Å². The summed E-state index contributed by atoms with van der Waals surface area (Å²) in [7, 11) is 2.07. The van der Waals surface area contributed by atoms with Gasteiger partial charge in [-0.25, -0.2) is 0 Å². The first-order valence-corrected chi connectivity index (χ1v) is 8.61. The fourth-order valence-electron chi connectivity index (χ4n) is 3.15. The molecule has 0 spiro atoms. The predicted molar refractivity (Wildman–Crippen MR) is 86.7 cm³/mol. The van der Waals surface area contributed by atoms with Gasteiger partial charge in [0.05, 0.1) is 11.8 Å². The molecule has 1 aliphatic rings. The summed E-state index contributed by atoms with van der Waals surface area (Å²) in [6, 6.07) is 2.78. The van der Waals surface area contributed by atoms with E-state index in [1.807, 2.05) is 0 Å². The van der Waals surface area contributed by atoms with Gasteiger partial charge < -0.3 is 10.1 Å². The van der Waals surface area contributed by atoms with E-state index in [-0.39, 0.29) is 0 Å². The van der Waals surface area contributed by atoms with E-state index in [0.717, 1.165) is 26.0 Å². The van der Waals surface area contributed by atoms with Crippen molar-refractivity contribution in [3.05, 3.63) is 17.5 Å². The normalized spacial score (nSPS) is 20.6. The Morgan fingerprint density at radius 1 is 1.43 bits per heavy atom. The molecule has 2 unspecified atom stereocenters. The Labute approximate surface area is 129 Å². The number of nitrogens with zero attached hydrogens (tertiary/aromatic N) is 2. The Morgan fingerprint density at radius 2 is 2.29 bits per heavy atom. The molecule has 1 aromatic rings. The molecular weight excluding hydrogens is 262 g/mol. The Bertz CT molecular complexity index is 410. The smallest absolute Gasteiger partial charge is 0.0624 e. The third-order valence-electron chi connectivity index (χ3n) is 4.55. The molecule has 2 atom stereocenters. The molecule has 0 amide bonds. The maximum Gasteiger partial charge on any atom is 0.0624 e. The van der Waals surface area contributed by atoms with Crippen LogP contribution >= 0.6 is 0 Å². The SMILES string of the molecule is CCc1cc(CC(CCC2CCCCO2)NC)n(CC)n1. The minimum atomic E-state index is 0.483. The molecular formula is C17H31N3O. The van der Waals surface area contributed by atoms with Gasteiger partial charge in [-0.2, -0.15) is 5.10 Å². The second-order valence-corrected chi connectivity index (χ2v) is 6.05. The minimum absolute atomic E-state index is 0.483. The number of nitrogens with one attached hydrogen (secondary N) is 1. The molecule has 1 N–H and O–H groups in total. The topological polar surface area (TPSA) is 39.1 Å². The van der Waals surface area contributed by atoms with Gasteiger partial charge >= 0.3 is 0 Å². The molecule has 1 aromatic heterocycles. The van der Waals surface area contributed by atoms with Crippen molar-refractivity contribution in [3.63, 3.8) is 0 Å². The molecule has 1 saturated heterocycles. The first kappa shape index (κ1) is 16.5. The van der Waals surface area contributed by atoms with Crippen LogP contribution < -0.4 is 5.32 Å². The summed E-state index contributed by atoms with van der Waals surface area (Å²) in [6.45, 7) is 6.25. The molecule has 2 heterocycles. The zero-order valence-electron chi connectivity index (χ0n) is 13.9. The third-order valence-corrected chi connectivity index (χ3v) is 4.55. The van der Waals surface area contributed by atoms with Crippen LogP contribution in [0.5, 0.6) is 0 Å². The molecule has 0 aliphatic carbocycles. The van der Waals surface area contributed by atoms with E-state index in [1.165, 1.54) is 43.5 Å². The standard InChI is InChI=1S/C17H31N3O/c1-4-14-12-16(20(5-2)19-14)13-15(18-3)9-10-17-8-6-7-11-21-17/h12,15,17-18H,4-11,13H2,1-3H3. The molecule has 0 saturated carbocycles. The fraction of sp³-hybridized carbons (Fsp3) is 0.824. The van der Waals surface area contributed by atoms with Crippen LogP contribution in [0.15, 0.2) is 6.07 Å². The van der Waals surface area contributed by atoms with Gasteiger partial charge in [-0.1, -0.05) is 6.92 Å². The molecule has 0 aromatic carbocycles. The summed E-state index contributed by atoms with van der Waals surface area (Å²) < 4.78 is 8.00. The highest BCUT2D eigenvalue weighted by atomic mass is 16.5. The van der Waals surface area contributed by atoms with Gasteiger partial charge in [0, 0.05) is 31.3 Å². The average Bonchev–Trinajstić information content (AvgIpc) is 2.94.